The minimum Gasteiger partial charge on any atom is -0.316 e. The van der Waals surface area contributed by atoms with Crippen molar-refractivity contribution in [2.75, 3.05) is 39.3 Å². The zero-order valence-electron chi connectivity index (χ0n) is 16.2. The third kappa shape index (κ3) is 2.66. The van der Waals surface area contributed by atoms with Gasteiger partial charge in [-0.3, -0.25) is 0 Å². The highest BCUT2D eigenvalue weighted by Gasteiger charge is 2.49. The maximum Gasteiger partial charge on any atom is 0.00228 e. The molecule has 24 heavy (non-hydrogen) atoms. The average Bonchev–Trinajstić information content (AvgIpc) is 2.39. The van der Waals surface area contributed by atoms with Gasteiger partial charge in [0, 0.05) is 39.3 Å². The van der Waals surface area contributed by atoms with Gasteiger partial charge in [0.2, 0.25) is 0 Å². The Kier molecular flexibility index (Phi) is 4.50. The van der Waals surface area contributed by atoms with Crippen LogP contribution in [0.5, 0.6) is 0 Å². The lowest BCUT2D eigenvalue weighted by atomic mass is 9.57. The van der Waals surface area contributed by atoms with Crippen LogP contribution in [-0.2, 0) is 0 Å². The van der Waals surface area contributed by atoms with Gasteiger partial charge in [-0.05, 0) is 72.5 Å². The van der Waals surface area contributed by atoms with Gasteiger partial charge in [-0.25, -0.2) is 0 Å². The standard InChI is InChI=1S/3C7H13N/c3*1-6-2-3-7(6)4-8-5-7/h3*6,8H,2-5H2,1H3/t6-;;/m1../s1. The predicted octanol–water partition coefficient (Wildman–Crippen LogP) is 3.02. The fourth-order valence-corrected chi connectivity index (χ4v) is 5.44. The van der Waals surface area contributed by atoms with E-state index in [0.29, 0.717) is 0 Å². The summed E-state index contributed by atoms with van der Waals surface area (Å²) >= 11 is 0. The Morgan fingerprint density at radius 1 is 0.500 bits per heavy atom. The van der Waals surface area contributed by atoms with Crippen molar-refractivity contribution in [1.82, 2.24) is 16.0 Å². The molecule has 3 saturated carbocycles. The highest BCUT2D eigenvalue weighted by atomic mass is 15.0. The molecule has 0 bridgehead atoms. The summed E-state index contributed by atoms with van der Waals surface area (Å²) in [7, 11) is 0. The summed E-state index contributed by atoms with van der Waals surface area (Å²) in [4.78, 5) is 0. The second-order valence-electron chi connectivity index (χ2n) is 10.2. The Morgan fingerprint density at radius 2 is 0.750 bits per heavy atom. The van der Waals surface area contributed by atoms with E-state index in [-0.39, 0.29) is 0 Å². The summed E-state index contributed by atoms with van der Waals surface area (Å²) in [5, 5.41) is 10.0. The van der Waals surface area contributed by atoms with Crippen molar-refractivity contribution in [3.05, 3.63) is 0 Å². The molecule has 3 spiro atoms. The molecule has 3 aliphatic heterocycles. The van der Waals surface area contributed by atoms with Gasteiger partial charge in [-0.1, -0.05) is 20.8 Å². The van der Waals surface area contributed by atoms with E-state index in [9.17, 15) is 0 Å². The van der Waals surface area contributed by atoms with Crippen LogP contribution in [0.1, 0.15) is 59.3 Å². The maximum absolute atomic E-state index is 3.33. The van der Waals surface area contributed by atoms with Crippen molar-refractivity contribution in [3.8, 4) is 0 Å². The molecule has 0 aromatic rings. The van der Waals surface area contributed by atoms with E-state index >= 15 is 0 Å². The Bertz CT molecular complexity index is 365. The highest BCUT2D eigenvalue weighted by molar-refractivity contribution is 5.03. The van der Waals surface area contributed by atoms with Crippen molar-refractivity contribution in [1.29, 1.82) is 0 Å². The van der Waals surface area contributed by atoms with Gasteiger partial charge >= 0.3 is 0 Å². The lowest BCUT2D eigenvalue weighted by Crippen LogP contribution is -2.61. The molecule has 6 aliphatic rings. The normalized spacial score (nSPS) is 40.9. The van der Waals surface area contributed by atoms with Crippen molar-refractivity contribution in [3.63, 3.8) is 0 Å². The zero-order chi connectivity index (χ0) is 16.8. The van der Waals surface area contributed by atoms with Gasteiger partial charge in [-0.2, -0.15) is 0 Å². The van der Waals surface area contributed by atoms with Gasteiger partial charge in [0.15, 0.2) is 0 Å². The summed E-state index contributed by atoms with van der Waals surface area (Å²) in [5.41, 5.74) is 2.38. The van der Waals surface area contributed by atoms with Crippen LogP contribution < -0.4 is 16.0 Å². The first kappa shape index (κ1) is 17.3. The van der Waals surface area contributed by atoms with E-state index in [1.807, 2.05) is 0 Å². The molecule has 138 valence electrons. The number of rotatable bonds is 0. The van der Waals surface area contributed by atoms with Gasteiger partial charge < -0.3 is 16.0 Å². The quantitative estimate of drug-likeness (QED) is 0.638. The van der Waals surface area contributed by atoms with E-state index < -0.39 is 0 Å². The Morgan fingerprint density at radius 3 is 0.750 bits per heavy atom. The third-order valence-electron chi connectivity index (χ3n) is 9.22. The van der Waals surface area contributed by atoms with E-state index in [0.717, 1.165) is 34.0 Å². The first-order chi connectivity index (χ1) is 11.5. The van der Waals surface area contributed by atoms with Gasteiger partial charge in [0.25, 0.3) is 0 Å². The summed E-state index contributed by atoms with van der Waals surface area (Å²) in [5.74, 6) is 3.05. The van der Waals surface area contributed by atoms with E-state index in [1.54, 1.807) is 0 Å². The molecule has 2 unspecified atom stereocenters. The molecule has 0 radical (unpaired) electrons. The molecule has 6 fully saturated rings. The Labute approximate surface area is 149 Å². The highest BCUT2D eigenvalue weighted by Crippen LogP contribution is 2.50. The van der Waals surface area contributed by atoms with Crippen LogP contribution in [0.4, 0.5) is 0 Å². The predicted molar refractivity (Wildman–Crippen MR) is 101 cm³/mol. The minimum absolute atomic E-state index is 0.792. The van der Waals surface area contributed by atoms with Crippen molar-refractivity contribution in [2.24, 2.45) is 34.0 Å². The molecule has 3 heteroatoms. The first-order valence-corrected chi connectivity index (χ1v) is 10.6. The molecule has 0 amide bonds. The van der Waals surface area contributed by atoms with Crippen molar-refractivity contribution < 1.29 is 0 Å². The van der Waals surface area contributed by atoms with Gasteiger partial charge in [0.1, 0.15) is 0 Å². The van der Waals surface area contributed by atoms with Crippen LogP contribution in [0.2, 0.25) is 0 Å². The third-order valence-corrected chi connectivity index (χ3v) is 9.22. The van der Waals surface area contributed by atoms with Gasteiger partial charge in [0.05, 0.1) is 0 Å². The maximum atomic E-state index is 3.33. The fraction of sp³-hybridized carbons (Fsp3) is 1.00. The fourth-order valence-electron chi connectivity index (χ4n) is 5.44. The molecule has 3 nitrogen and oxygen atoms in total. The minimum atomic E-state index is 0.792. The van der Waals surface area contributed by atoms with Gasteiger partial charge in [-0.15, -0.1) is 0 Å². The number of nitrogens with one attached hydrogen (secondary N) is 3. The molecule has 0 aromatic heterocycles. The molecular weight excluding hydrogens is 294 g/mol. The smallest absolute Gasteiger partial charge is 0.00228 e. The van der Waals surface area contributed by atoms with Crippen LogP contribution in [0.25, 0.3) is 0 Å². The lowest BCUT2D eigenvalue weighted by molar-refractivity contribution is -0.0118. The average molecular weight is 334 g/mol. The van der Waals surface area contributed by atoms with Crippen LogP contribution in [0.3, 0.4) is 0 Å². The first-order valence-electron chi connectivity index (χ1n) is 10.6. The number of hydrogen-bond donors (Lipinski definition) is 3. The monoisotopic (exact) mass is 333 g/mol. The van der Waals surface area contributed by atoms with Crippen LogP contribution in [0.15, 0.2) is 0 Å². The molecule has 3 heterocycles. The number of hydrogen-bond acceptors (Lipinski definition) is 3. The molecule has 3 aliphatic carbocycles. The van der Waals surface area contributed by atoms with Crippen LogP contribution in [-0.4, -0.2) is 39.3 Å². The lowest BCUT2D eigenvalue weighted by Gasteiger charge is -2.55. The Balaban J connectivity index is 0.0000000911. The molecule has 3 N–H and O–H groups in total. The Hall–Kier alpha value is -0.120. The second-order valence-corrected chi connectivity index (χ2v) is 10.2. The van der Waals surface area contributed by atoms with Crippen LogP contribution >= 0.6 is 0 Å². The summed E-state index contributed by atoms with van der Waals surface area (Å²) in [6.45, 7) is 14.9. The van der Waals surface area contributed by atoms with Crippen molar-refractivity contribution >= 4 is 0 Å². The van der Waals surface area contributed by atoms with E-state index in [1.165, 1.54) is 77.8 Å². The SMILES string of the molecule is CC1CCC12CNC2.CC1CCC12CNC2.C[C@@H]1CCC12CNC2. The second kappa shape index (κ2) is 6.25. The van der Waals surface area contributed by atoms with Crippen LogP contribution in [0, 0.1) is 34.0 Å². The molecule has 0 aromatic carbocycles. The molecule has 6 rings (SSSR count). The van der Waals surface area contributed by atoms with Crippen molar-refractivity contribution in [2.45, 2.75) is 59.3 Å². The van der Waals surface area contributed by atoms with E-state index in [2.05, 4.69) is 36.7 Å². The molecule has 3 atom stereocenters. The summed E-state index contributed by atoms with van der Waals surface area (Å²) < 4.78 is 0. The largest absolute Gasteiger partial charge is 0.316 e. The topological polar surface area (TPSA) is 36.1 Å². The molecular formula is C21H39N3. The zero-order valence-corrected chi connectivity index (χ0v) is 16.2. The summed E-state index contributed by atoms with van der Waals surface area (Å²) in [6, 6.07) is 0. The molecule has 3 saturated heterocycles. The summed E-state index contributed by atoms with van der Waals surface area (Å²) in [6.07, 6.45) is 8.88. The van der Waals surface area contributed by atoms with E-state index in [4.69, 9.17) is 0 Å².